The van der Waals surface area contributed by atoms with Crippen molar-refractivity contribution in [2.75, 3.05) is 0 Å². The lowest BCUT2D eigenvalue weighted by Crippen LogP contribution is -2.37. The fourth-order valence-corrected chi connectivity index (χ4v) is 5.04. The summed E-state index contributed by atoms with van der Waals surface area (Å²) < 4.78 is 2.07. The summed E-state index contributed by atoms with van der Waals surface area (Å²) >= 11 is 0. The molecule has 0 saturated heterocycles. The lowest BCUT2D eigenvalue weighted by atomic mass is 9.74. The molecule has 3 heteroatoms. The van der Waals surface area contributed by atoms with Gasteiger partial charge in [0.05, 0.1) is 6.33 Å². The number of aryl methyl sites for hydroxylation is 2. The molecule has 0 amide bonds. The molecule has 5 aromatic rings. The standard InChI is InChI=1S/C31H26N2O/c1-23-17-24(2)19-25(18-23)29-15-9-10-16-30(29)31(26-11-5-3-6-12-26,27-13-7-4-8-14-27)33-20-28(21-34)32-22-33/h3-22H,1-2H3. The van der Waals surface area contributed by atoms with Gasteiger partial charge in [0, 0.05) is 6.20 Å². The number of hydrogen-bond donors (Lipinski definition) is 0. The Bertz CT molecular complexity index is 1380. The molecule has 34 heavy (non-hydrogen) atoms. The van der Waals surface area contributed by atoms with Crippen LogP contribution >= 0.6 is 0 Å². The van der Waals surface area contributed by atoms with E-state index in [2.05, 4.69) is 114 Å². The van der Waals surface area contributed by atoms with E-state index in [0.717, 1.165) is 28.5 Å². The van der Waals surface area contributed by atoms with E-state index >= 15 is 0 Å². The van der Waals surface area contributed by atoms with Crippen molar-refractivity contribution in [1.29, 1.82) is 0 Å². The van der Waals surface area contributed by atoms with Crippen LogP contribution in [0.15, 0.2) is 116 Å². The summed E-state index contributed by atoms with van der Waals surface area (Å²) in [4.78, 5) is 16.0. The summed E-state index contributed by atoms with van der Waals surface area (Å²) in [5.74, 6) is 0. The van der Waals surface area contributed by atoms with Crippen molar-refractivity contribution < 1.29 is 4.79 Å². The number of aromatic nitrogens is 2. The third-order valence-corrected chi connectivity index (χ3v) is 6.34. The first-order chi connectivity index (χ1) is 16.6. The van der Waals surface area contributed by atoms with E-state index in [4.69, 9.17) is 0 Å². The van der Waals surface area contributed by atoms with Gasteiger partial charge < -0.3 is 4.57 Å². The highest BCUT2D eigenvalue weighted by atomic mass is 16.1. The molecule has 5 rings (SSSR count). The lowest BCUT2D eigenvalue weighted by molar-refractivity contribution is 0.111. The fraction of sp³-hybridized carbons (Fsp3) is 0.0968. The van der Waals surface area contributed by atoms with E-state index < -0.39 is 5.54 Å². The summed E-state index contributed by atoms with van der Waals surface area (Å²) in [6.45, 7) is 4.26. The highest BCUT2D eigenvalue weighted by Gasteiger charge is 2.40. The van der Waals surface area contributed by atoms with Crippen molar-refractivity contribution in [3.63, 3.8) is 0 Å². The van der Waals surface area contributed by atoms with Crippen LogP contribution in [-0.4, -0.2) is 15.8 Å². The SMILES string of the molecule is Cc1cc(C)cc(-c2ccccc2C(c2ccccc2)(c2ccccc2)n2cnc(C=O)c2)c1. The van der Waals surface area contributed by atoms with Crippen LogP contribution < -0.4 is 0 Å². The maximum Gasteiger partial charge on any atom is 0.169 e. The van der Waals surface area contributed by atoms with Gasteiger partial charge in [-0.25, -0.2) is 4.98 Å². The molecule has 0 spiro atoms. The summed E-state index contributed by atoms with van der Waals surface area (Å²) in [5.41, 5.74) is 7.73. The Morgan fingerprint density at radius 1 is 0.735 bits per heavy atom. The Morgan fingerprint density at radius 3 is 1.85 bits per heavy atom. The largest absolute Gasteiger partial charge is 0.318 e. The minimum absolute atomic E-state index is 0.403. The van der Waals surface area contributed by atoms with Crippen LogP contribution in [-0.2, 0) is 5.54 Å². The Labute approximate surface area is 200 Å². The minimum atomic E-state index is -0.731. The van der Waals surface area contributed by atoms with Crippen LogP contribution in [0.25, 0.3) is 11.1 Å². The van der Waals surface area contributed by atoms with E-state index in [1.54, 1.807) is 6.33 Å². The summed E-state index contributed by atoms with van der Waals surface area (Å²) in [6, 6.07) is 36.1. The molecular weight excluding hydrogens is 416 g/mol. The number of aldehydes is 1. The average Bonchev–Trinajstić information content (AvgIpc) is 3.35. The monoisotopic (exact) mass is 442 g/mol. The molecule has 3 nitrogen and oxygen atoms in total. The third-order valence-electron chi connectivity index (χ3n) is 6.34. The van der Waals surface area contributed by atoms with Gasteiger partial charge in [0.1, 0.15) is 11.2 Å². The molecular formula is C31H26N2O. The molecule has 0 atom stereocenters. The maximum absolute atomic E-state index is 11.6. The number of nitrogens with zero attached hydrogens (tertiary/aromatic N) is 2. The predicted molar refractivity (Wildman–Crippen MR) is 137 cm³/mol. The summed E-state index contributed by atoms with van der Waals surface area (Å²) in [6.07, 6.45) is 4.40. The van der Waals surface area contributed by atoms with Crippen molar-refractivity contribution in [2.45, 2.75) is 19.4 Å². The quantitative estimate of drug-likeness (QED) is 0.214. The molecule has 1 heterocycles. The van der Waals surface area contributed by atoms with E-state index in [1.807, 2.05) is 18.3 Å². The second kappa shape index (κ2) is 8.95. The molecule has 0 fully saturated rings. The number of rotatable bonds is 6. The number of hydrogen-bond acceptors (Lipinski definition) is 2. The zero-order chi connectivity index (χ0) is 23.5. The van der Waals surface area contributed by atoms with E-state index in [1.165, 1.54) is 16.7 Å². The fourth-order valence-electron chi connectivity index (χ4n) is 5.04. The molecule has 0 unspecified atom stereocenters. The van der Waals surface area contributed by atoms with Crippen molar-refractivity contribution in [3.05, 3.63) is 149 Å². The molecule has 0 bridgehead atoms. The predicted octanol–water partition coefficient (Wildman–Crippen LogP) is 6.82. The van der Waals surface area contributed by atoms with Gasteiger partial charge in [-0.15, -0.1) is 0 Å². The Hall–Kier alpha value is -4.24. The Morgan fingerprint density at radius 2 is 1.29 bits per heavy atom. The van der Waals surface area contributed by atoms with Crippen LogP contribution in [0.5, 0.6) is 0 Å². The van der Waals surface area contributed by atoms with Crippen LogP contribution in [0.3, 0.4) is 0 Å². The van der Waals surface area contributed by atoms with Crippen molar-refractivity contribution in [3.8, 4) is 11.1 Å². The number of carbonyl (C=O) groups is 1. The first-order valence-electron chi connectivity index (χ1n) is 11.4. The van der Waals surface area contributed by atoms with E-state index in [9.17, 15) is 4.79 Å². The molecule has 0 aliphatic rings. The average molecular weight is 443 g/mol. The number of benzene rings is 4. The van der Waals surface area contributed by atoms with Crippen LogP contribution in [0, 0.1) is 13.8 Å². The summed E-state index contributed by atoms with van der Waals surface area (Å²) in [7, 11) is 0. The Balaban J connectivity index is 1.93. The second-order valence-electron chi connectivity index (χ2n) is 8.69. The lowest BCUT2D eigenvalue weighted by Gasteiger charge is -2.38. The molecule has 166 valence electrons. The van der Waals surface area contributed by atoms with Crippen molar-refractivity contribution >= 4 is 6.29 Å². The van der Waals surface area contributed by atoms with Gasteiger partial charge in [-0.1, -0.05) is 114 Å². The first kappa shape index (κ1) is 21.6. The Kier molecular flexibility index (Phi) is 5.69. The van der Waals surface area contributed by atoms with Gasteiger partial charge in [0.2, 0.25) is 0 Å². The smallest absolute Gasteiger partial charge is 0.169 e. The minimum Gasteiger partial charge on any atom is -0.318 e. The second-order valence-corrected chi connectivity index (χ2v) is 8.69. The van der Waals surface area contributed by atoms with E-state index in [-0.39, 0.29) is 0 Å². The molecule has 0 N–H and O–H groups in total. The van der Waals surface area contributed by atoms with Gasteiger partial charge in [-0.2, -0.15) is 0 Å². The highest BCUT2D eigenvalue weighted by molar-refractivity contribution is 5.74. The van der Waals surface area contributed by atoms with Gasteiger partial charge in [0.15, 0.2) is 6.29 Å². The van der Waals surface area contributed by atoms with Gasteiger partial charge in [-0.3, -0.25) is 4.79 Å². The van der Waals surface area contributed by atoms with Crippen molar-refractivity contribution in [2.24, 2.45) is 0 Å². The van der Waals surface area contributed by atoms with Crippen LogP contribution in [0.1, 0.15) is 38.3 Å². The van der Waals surface area contributed by atoms with Gasteiger partial charge in [0.25, 0.3) is 0 Å². The normalized spacial score (nSPS) is 11.4. The van der Waals surface area contributed by atoms with Crippen LogP contribution in [0.2, 0.25) is 0 Å². The third kappa shape index (κ3) is 3.65. The first-order valence-corrected chi connectivity index (χ1v) is 11.4. The highest BCUT2D eigenvalue weighted by Crippen LogP contribution is 2.45. The number of imidazole rings is 1. The summed E-state index contributed by atoms with van der Waals surface area (Å²) in [5, 5.41) is 0. The topological polar surface area (TPSA) is 34.9 Å². The molecule has 1 aromatic heterocycles. The van der Waals surface area contributed by atoms with Crippen LogP contribution in [0.4, 0.5) is 0 Å². The maximum atomic E-state index is 11.6. The zero-order valence-corrected chi connectivity index (χ0v) is 19.3. The van der Waals surface area contributed by atoms with E-state index in [0.29, 0.717) is 5.69 Å². The molecule has 0 radical (unpaired) electrons. The molecule has 0 saturated carbocycles. The number of carbonyl (C=O) groups excluding carboxylic acids is 1. The van der Waals surface area contributed by atoms with Gasteiger partial charge >= 0.3 is 0 Å². The molecule has 0 aliphatic heterocycles. The zero-order valence-electron chi connectivity index (χ0n) is 19.3. The molecule has 4 aromatic carbocycles. The molecule has 0 aliphatic carbocycles. The van der Waals surface area contributed by atoms with Crippen molar-refractivity contribution in [1.82, 2.24) is 9.55 Å². The van der Waals surface area contributed by atoms with Gasteiger partial charge in [-0.05, 0) is 41.7 Å².